The standard InChI is InChI=1S/C12H16N4O2S/c1-7(2)11-10(19(13,17)18)5-4-8(3)12(11)9-6-14-16-15-9/h4-7H,1-3H3,(H2,13,17,18)(H,14,15,16). The van der Waals surface area contributed by atoms with Crippen molar-refractivity contribution in [3.05, 3.63) is 29.5 Å². The summed E-state index contributed by atoms with van der Waals surface area (Å²) in [5.41, 5.74) is 3.00. The highest BCUT2D eigenvalue weighted by atomic mass is 32.2. The second-order valence-electron chi connectivity index (χ2n) is 4.72. The van der Waals surface area contributed by atoms with Gasteiger partial charge in [-0.15, -0.1) is 0 Å². The Bertz CT molecular complexity index is 691. The van der Waals surface area contributed by atoms with Crippen molar-refractivity contribution in [3.63, 3.8) is 0 Å². The Morgan fingerprint density at radius 3 is 2.47 bits per heavy atom. The normalized spacial score (nSPS) is 12.1. The van der Waals surface area contributed by atoms with Crippen LogP contribution in [0, 0.1) is 6.92 Å². The van der Waals surface area contributed by atoms with Gasteiger partial charge in [-0.3, -0.25) is 0 Å². The first-order chi connectivity index (χ1) is 8.82. The molecule has 19 heavy (non-hydrogen) atoms. The average Bonchev–Trinajstić information content (AvgIpc) is 2.79. The van der Waals surface area contributed by atoms with Crippen molar-refractivity contribution in [3.8, 4) is 11.3 Å². The summed E-state index contributed by atoms with van der Waals surface area (Å²) in [6, 6.07) is 3.28. The predicted molar refractivity (Wildman–Crippen MR) is 72.0 cm³/mol. The van der Waals surface area contributed by atoms with E-state index >= 15 is 0 Å². The Hall–Kier alpha value is -1.73. The Morgan fingerprint density at radius 2 is 2.00 bits per heavy atom. The lowest BCUT2D eigenvalue weighted by molar-refractivity contribution is 0.595. The molecule has 7 heteroatoms. The molecule has 2 aromatic rings. The lowest BCUT2D eigenvalue weighted by atomic mass is 9.92. The van der Waals surface area contributed by atoms with Gasteiger partial charge < -0.3 is 0 Å². The van der Waals surface area contributed by atoms with Crippen LogP contribution in [0.4, 0.5) is 0 Å². The Labute approximate surface area is 112 Å². The topological polar surface area (TPSA) is 102 Å². The third-order valence-corrected chi connectivity index (χ3v) is 3.94. The summed E-state index contributed by atoms with van der Waals surface area (Å²) < 4.78 is 23.5. The van der Waals surface area contributed by atoms with Gasteiger partial charge in [0.1, 0.15) is 5.69 Å². The van der Waals surface area contributed by atoms with E-state index in [1.54, 1.807) is 18.3 Å². The van der Waals surface area contributed by atoms with Crippen LogP contribution in [0.25, 0.3) is 11.3 Å². The van der Waals surface area contributed by atoms with Crippen LogP contribution in [0.2, 0.25) is 0 Å². The fourth-order valence-electron chi connectivity index (χ4n) is 2.19. The highest BCUT2D eigenvalue weighted by Crippen LogP contribution is 2.35. The van der Waals surface area contributed by atoms with E-state index in [1.165, 1.54) is 0 Å². The number of sulfonamides is 1. The quantitative estimate of drug-likeness (QED) is 0.890. The number of nitrogens with two attached hydrogens (primary N) is 1. The number of aryl methyl sites for hydroxylation is 1. The second kappa shape index (κ2) is 4.75. The molecule has 6 nitrogen and oxygen atoms in total. The molecule has 0 bridgehead atoms. The molecule has 0 unspecified atom stereocenters. The van der Waals surface area contributed by atoms with Crippen molar-refractivity contribution in [2.75, 3.05) is 0 Å². The summed E-state index contributed by atoms with van der Waals surface area (Å²) in [7, 11) is -3.77. The van der Waals surface area contributed by atoms with Crippen LogP contribution in [0.3, 0.4) is 0 Å². The van der Waals surface area contributed by atoms with Crippen LogP contribution in [0.15, 0.2) is 23.2 Å². The molecule has 0 aliphatic carbocycles. The minimum atomic E-state index is -3.77. The van der Waals surface area contributed by atoms with Crippen molar-refractivity contribution in [2.45, 2.75) is 31.6 Å². The second-order valence-corrected chi connectivity index (χ2v) is 6.25. The third-order valence-electron chi connectivity index (χ3n) is 2.97. The van der Waals surface area contributed by atoms with Crippen LogP contribution < -0.4 is 5.14 Å². The first kappa shape index (κ1) is 13.7. The molecule has 1 aromatic heterocycles. The van der Waals surface area contributed by atoms with E-state index in [4.69, 9.17) is 5.14 Å². The number of rotatable bonds is 3. The van der Waals surface area contributed by atoms with E-state index in [0.717, 1.165) is 11.1 Å². The lowest BCUT2D eigenvalue weighted by Crippen LogP contribution is -2.16. The maximum absolute atomic E-state index is 11.7. The monoisotopic (exact) mass is 280 g/mol. The molecule has 0 saturated carbocycles. The van der Waals surface area contributed by atoms with E-state index in [9.17, 15) is 8.42 Å². The van der Waals surface area contributed by atoms with Gasteiger partial charge in [0.2, 0.25) is 10.0 Å². The number of nitrogens with one attached hydrogen (secondary N) is 1. The molecule has 0 spiro atoms. The zero-order valence-electron chi connectivity index (χ0n) is 11.0. The van der Waals surface area contributed by atoms with Crippen LogP contribution in [-0.2, 0) is 10.0 Å². The molecule has 3 N–H and O–H groups in total. The van der Waals surface area contributed by atoms with Crippen molar-refractivity contribution in [2.24, 2.45) is 5.14 Å². The zero-order valence-corrected chi connectivity index (χ0v) is 11.8. The van der Waals surface area contributed by atoms with Gasteiger partial charge in [-0.25, -0.2) is 13.6 Å². The van der Waals surface area contributed by atoms with Crippen molar-refractivity contribution in [1.29, 1.82) is 0 Å². The maximum atomic E-state index is 11.7. The fraction of sp³-hybridized carbons (Fsp3) is 0.333. The molecule has 0 aliphatic rings. The summed E-state index contributed by atoms with van der Waals surface area (Å²) in [4.78, 5) is 0.145. The van der Waals surface area contributed by atoms with Gasteiger partial charge >= 0.3 is 0 Å². The van der Waals surface area contributed by atoms with Gasteiger partial charge in [-0.2, -0.15) is 15.4 Å². The van der Waals surface area contributed by atoms with Crippen LogP contribution >= 0.6 is 0 Å². The van der Waals surface area contributed by atoms with E-state index in [2.05, 4.69) is 15.4 Å². The van der Waals surface area contributed by atoms with Gasteiger partial charge in [0, 0.05) is 5.56 Å². The van der Waals surface area contributed by atoms with Crippen molar-refractivity contribution < 1.29 is 8.42 Å². The molecular formula is C12H16N4O2S. The number of H-pyrrole nitrogens is 1. The number of nitrogens with zero attached hydrogens (tertiary/aromatic N) is 2. The molecule has 2 rings (SSSR count). The molecule has 0 amide bonds. The van der Waals surface area contributed by atoms with Crippen molar-refractivity contribution in [1.82, 2.24) is 15.4 Å². The van der Waals surface area contributed by atoms with E-state index in [0.29, 0.717) is 11.3 Å². The summed E-state index contributed by atoms with van der Waals surface area (Å²) in [5.74, 6) is -0.0000694. The largest absolute Gasteiger partial charge is 0.238 e. The number of aromatic amines is 1. The maximum Gasteiger partial charge on any atom is 0.238 e. The molecule has 0 atom stereocenters. The minimum Gasteiger partial charge on any atom is -0.225 e. The fourth-order valence-corrected chi connectivity index (χ4v) is 3.09. The smallest absolute Gasteiger partial charge is 0.225 e. The van der Waals surface area contributed by atoms with Gasteiger partial charge in [-0.05, 0) is 30.0 Å². The highest BCUT2D eigenvalue weighted by Gasteiger charge is 2.22. The molecule has 102 valence electrons. The summed E-state index contributed by atoms with van der Waals surface area (Å²) in [5, 5.41) is 15.7. The van der Waals surface area contributed by atoms with Gasteiger partial charge in [0.25, 0.3) is 0 Å². The Kier molecular flexibility index (Phi) is 3.42. The van der Waals surface area contributed by atoms with Gasteiger partial charge in [0.05, 0.1) is 11.1 Å². The predicted octanol–water partition coefficient (Wildman–Crippen LogP) is 1.55. The molecule has 0 saturated heterocycles. The number of aromatic nitrogens is 3. The van der Waals surface area contributed by atoms with E-state index in [-0.39, 0.29) is 10.8 Å². The number of benzene rings is 1. The highest BCUT2D eigenvalue weighted by molar-refractivity contribution is 7.89. The SMILES string of the molecule is Cc1ccc(S(N)(=O)=O)c(C(C)C)c1-c1cn[nH]n1. The van der Waals surface area contributed by atoms with E-state index < -0.39 is 10.0 Å². The molecule has 1 heterocycles. The molecular weight excluding hydrogens is 264 g/mol. The zero-order chi connectivity index (χ0) is 14.2. The number of primary sulfonamides is 1. The molecule has 1 aromatic carbocycles. The lowest BCUT2D eigenvalue weighted by Gasteiger charge is -2.17. The molecule has 0 fully saturated rings. The Balaban J connectivity index is 2.86. The van der Waals surface area contributed by atoms with Crippen LogP contribution in [-0.4, -0.2) is 23.8 Å². The van der Waals surface area contributed by atoms with Crippen molar-refractivity contribution >= 4 is 10.0 Å². The van der Waals surface area contributed by atoms with Gasteiger partial charge in [-0.1, -0.05) is 19.9 Å². The summed E-state index contributed by atoms with van der Waals surface area (Å²) in [6.07, 6.45) is 1.57. The average molecular weight is 280 g/mol. The number of hydrogen-bond acceptors (Lipinski definition) is 4. The summed E-state index contributed by atoms with van der Waals surface area (Å²) in [6.45, 7) is 5.75. The van der Waals surface area contributed by atoms with E-state index in [1.807, 2.05) is 20.8 Å². The van der Waals surface area contributed by atoms with Crippen LogP contribution in [0.5, 0.6) is 0 Å². The first-order valence-electron chi connectivity index (χ1n) is 5.84. The third kappa shape index (κ3) is 2.52. The molecule has 0 aliphatic heterocycles. The molecule has 0 radical (unpaired) electrons. The summed E-state index contributed by atoms with van der Waals surface area (Å²) >= 11 is 0. The number of hydrogen-bond donors (Lipinski definition) is 2. The van der Waals surface area contributed by atoms with Crippen LogP contribution in [0.1, 0.15) is 30.9 Å². The minimum absolute atomic E-state index is 0.0000694. The first-order valence-corrected chi connectivity index (χ1v) is 7.39. The van der Waals surface area contributed by atoms with Gasteiger partial charge in [0.15, 0.2) is 0 Å². The Morgan fingerprint density at radius 1 is 1.32 bits per heavy atom.